The Bertz CT molecular complexity index is 824. The van der Waals surface area contributed by atoms with E-state index < -0.39 is 12.0 Å². The molecule has 0 aromatic heterocycles. The highest BCUT2D eigenvalue weighted by atomic mass is 35.5. The zero-order valence-corrected chi connectivity index (χ0v) is 17.8. The summed E-state index contributed by atoms with van der Waals surface area (Å²) in [6.07, 6.45) is -0.435. The second-order valence-electron chi connectivity index (χ2n) is 7.17. The second-order valence-corrected chi connectivity index (χ2v) is 7.60. The molecule has 1 atom stereocenters. The largest absolute Gasteiger partial charge is 0.481 e. The number of hydrazine groups is 1. The summed E-state index contributed by atoms with van der Waals surface area (Å²) in [6, 6.07) is 17.1. The van der Waals surface area contributed by atoms with Gasteiger partial charge in [-0.3, -0.25) is 25.3 Å². The molecule has 0 bridgehead atoms. The highest BCUT2D eigenvalue weighted by Gasteiger charge is 2.19. The number of nitrogens with one attached hydrogen (secondary N) is 2. The SMILES string of the molecule is CC(Oc1ccc(Cl)cc1)C(=O)NNC(=O)CCN1CCN(c2ccccc2)CC1. The Morgan fingerprint density at radius 3 is 2.33 bits per heavy atom. The van der Waals surface area contributed by atoms with Crippen molar-refractivity contribution in [3.8, 4) is 5.75 Å². The first kappa shape index (κ1) is 21.9. The Morgan fingerprint density at radius 2 is 1.67 bits per heavy atom. The third-order valence-electron chi connectivity index (χ3n) is 4.97. The van der Waals surface area contributed by atoms with Crippen LogP contribution in [-0.2, 0) is 9.59 Å². The molecular weight excluding hydrogens is 404 g/mol. The lowest BCUT2D eigenvalue weighted by Crippen LogP contribution is -2.49. The van der Waals surface area contributed by atoms with Crippen molar-refractivity contribution in [1.29, 1.82) is 0 Å². The minimum Gasteiger partial charge on any atom is -0.481 e. The van der Waals surface area contributed by atoms with E-state index in [1.54, 1.807) is 31.2 Å². The maximum atomic E-state index is 12.1. The fourth-order valence-corrected chi connectivity index (χ4v) is 3.32. The molecule has 0 radical (unpaired) electrons. The molecule has 0 aliphatic carbocycles. The lowest BCUT2D eigenvalue weighted by molar-refractivity contribution is -0.132. The predicted octanol–water partition coefficient (Wildman–Crippen LogP) is 2.47. The number of carbonyl (C=O) groups is 2. The zero-order chi connectivity index (χ0) is 21.3. The molecule has 1 heterocycles. The number of hydrogen-bond donors (Lipinski definition) is 2. The van der Waals surface area contributed by atoms with Crippen molar-refractivity contribution in [3.63, 3.8) is 0 Å². The van der Waals surface area contributed by atoms with Crippen LogP contribution >= 0.6 is 11.6 Å². The molecule has 1 saturated heterocycles. The maximum Gasteiger partial charge on any atom is 0.279 e. The van der Waals surface area contributed by atoms with Gasteiger partial charge in [0.15, 0.2) is 6.10 Å². The smallest absolute Gasteiger partial charge is 0.279 e. The quantitative estimate of drug-likeness (QED) is 0.660. The van der Waals surface area contributed by atoms with E-state index in [0.29, 0.717) is 23.7 Å². The fourth-order valence-electron chi connectivity index (χ4n) is 3.19. The Kier molecular flexibility index (Phi) is 7.93. The van der Waals surface area contributed by atoms with Gasteiger partial charge < -0.3 is 9.64 Å². The molecule has 1 aliphatic rings. The summed E-state index contributed by atoms with van der Waals surface area (Å²) in [4.78, 5) is 28.8. The molecule has 30 heavy (non-hydrogen) atoms. The minimum absolute atomic E-state index is 0.229. The average molecular weight is 431 g/mol. The molecule has 1 fully saturated rings. The van der Waals surface area contributed by atoms with E-state index in [1.807, 2.05) is 18.2 Å². The minimum atomic E-state index is -0.752. The topological polar surface area (TPSA) is 73.9 Å². The molecule has 2 aromatic rings. The summed E-state index contributed by atoms with van der Waals surface area (Å²) in [5, 5.41) is 0.591. The van der Waals surface area contributed by atoms with Crippen LogP contribution in [0, 0.1) is 0 Å². The number of para-hydroxylation sites is 1. The lowest BCUT2D eigenvalue weighted by atomic mass is 10.2. The third kappa shape index (κ3) is 6.64. The number of rotatable bonds is 7. The highest BCUT2D eigenvalue weighted by Crippen LogP contribution is 2.17. The van der Waals surface area contributed by atoms with Crippen LogP contribution in [0.5, 0.6) is 5.75 Å². The summed E-state index contributed by atoms with van der Waals surface area (Å²) in [6.45, 7) is 5.94. The number of nitrogens with zero attached hydrogens (tertiary/aromatic N) is 2. The Balaban J connectivity index is 1.32. The van der Waals surface area contributed by atoms with Crippen LogP contribution in [0.25, 0.3) is 0 Å². The molecule has 2 N–H and O–H groups in total. The molecule has 2 aromatic carbocycles. The Hall–Kier alpha value is -2.77. The standard InChI is InChI=1S/C22H27ClN4O3/c1-17(30-20-9-7-18(23)8-10-20)22(29)25-24-21(28)11-12-26-13-15-27(16-14-26)19-5-3-2-4-6-19/h2-10,17H,11-16H2,1H3,(H,24,28)(H,25,29). The van der Waals surface area contributed by atoms with Gasteiger partial charge in [-0.2, -0.15) is 0 Å². The monoisotopic (exact) mass is 430 g/mol. The van der Waals surface area contributed by atoms with E-state index in [2.05, 4.69) is 32.8 Å². The van der Waals surface area contributed by atoms with Gasteiger partial charge in [0.1, 0.15) is 5.75 Å². The number of hydrogen-bond acceptors (Lipinski definition) is 5. The summed E-state index contributed by atoms with van der Waals surface area (Å²) >= 11 is 5.83. The number of carbonyl (C=O) groups excluding carboxylic acids is 2. The van der Waals surface area contributed by atoms with Crippen molar-refractivity contribution < 1.29 is 14.3 Å². The number of benzene rings is 2. The van der Waals surface area contributed by atoms with Crippen LogP contribution in [0.2, 0.25) is 5.02 Å². The van der Waals surface area contributed by atoms with Crippen molar-refractivity contribution in [2.75, 3.05) is 37.6 Å². The van der Waals surface area contributed by atoms with Gasteiger partial charge in [0.05, 0.1) is 0 Å². The predicted molar refractivity (Wildman–Crippen MR) is 118 cm³/mol. The number of amides is 2. The first-order valence-corrected chi connectivity index (χ1v) is 10.4. The second kappa shape index (κ2) is 10.8. The number of halogens is 1. The molecule has 3 rings (SSSR count). The van der Waals surface area contributed by atoms with Crippen LogP contribution < -0.4 is 20.5 Å². The summed E-state index contributed by atoms with van der Waals surface area (Å²) in [5.41, 5.74) is 6.10. The van der Waals surface area contributed by atoms with Crippen LogP contribution in [0.1, 0.15) is 13.3 Å². The van der Waals surface area contributed by atoms with Gasteiger partial charge in [-0.1, -0.05) is 29.8 Å². The number of piperazine rings is 1. The highest BCUT2D eigenvalue weighted by molar-refractivity contribution is 6.30. The van der Waals surface area contributed by atoms with E-state index in [1.165, 1.54) is 5.69 Å². The number of ether oxygens (including phenoxy) is 1. The molecule has 0 spiro atoms. The third-order valence-corrected chi connectivity index (χ3v) is 5.22. The average Bonchev–Trinajstić information content (AvgIpc) is 2.78. The fraction of sp³-hybridized carbons (Fsp3) is 0.364. The van der Waals surface area contributed by atoms with Gasteiger partial charge in [-0.05, 0) is 43.3 Å². The van der Waals surface area contributed by atoms with Crippen LogP contribution in [0.4, 0.5) is 5.69 Å². The normalized spacial score (nSPS) is 15.3. The molecule has 160 valence electrons. The van der Waals surface area contributed by atoms with Crippen molar-refractivity contribution in [2.45, 2.75) is 19.4 Å². The van der Waals surface area contributed by atoms with Gasteiger partial charge in [0, 0.05) is 49.9 Å². The molecular formula is C22H27ClN4O3. The van der Waals surface area contributed by atoms with Gasteiger partial charge >= 0.3 is 0 Å². The zero-order valence-electron chi connectivity index (χ0n) is 17.0. The molecule has 1 unspecified atom stereocenters. The van der Waals surface area contributed by atoms with Gasteiger partial charge in [-0.25, -0.2) is 0 Å². The van der Waals surface area contributed by atoms with Gasteiger partial charge in [0.2, 0.25) is 5.91 Å². The number of anilines is 1. The Labute approximate surface area is 181 Å². The summed E-state index contributed by atoms with van der Waals surface area (Å²) in [7, 11) is 0. The molecule has 2 amide bonds. The lowest BCUT2D eigenvalue weighted by Gasteiger charge is -2.36. The molecule has 7 nitrogen and oxygen atoms in total. The first-order chi connectivity index (χ1) is 14.5. The van der Waals surface area contributed by atoms with E-state index in [-0.39, 0.29) is 5.91 Å². The molecule has 8 heteroatoms. The first-order valence-electron chi connectivity index (χ1n) is 10.0. The van der Waals surface area contributed by atoms with E-state index >= 15 is 0 Å². The van der Waals surface area contributed by atoms with Crippen molar-refractivity contribution >= 4 is 29.1 Å². The maximum absolute atomic E-state index is 12.1. The Morgan fingerprint density at radius 1 is 1.00 bits per heavy atom. The van der Waals surface area contributed by atoms with Gasteiger partial charge in [0.25, 0.3) is 5.91 Å². The van der Waals surface area contributed by atoms with Crippen LogP contribution in [0.15, 0.2) is 54.6 Å². The van der Waals surface area contributed by atoms with Crippen molar-refractivity contribution in [2.24, 2.45) is 0 Å². The summed E-state index contributed by atoms with van der Waals surface area (Å²) in [5.74, 6) is -0.120. The molecule has 0 saturated carbocycles. The van der Waals surface area contributed by atoms with E-state index in [0.717, 1.165) is 26.2 Å². The summed E-state index contributed by atoms with van der Waals surface area (Å²) < 4.78 is 5.53. The molecule has 1 aliphatic heterocycles. The van der Waals surface area contributed by atoms with Crippen molar-refractivity contribution in [1.82, 2.24) is 15.8 Å². The van der Waals surface area contributed by atoms with Gasteiger partial charge in [-0.15, -0.1) is 0 Å². The van der Waals surface area contributed by atoms with E-state index in [4.69, 9.17) is 16.3 Å². The van der Waals surface area contributed by atoms with Crippen LogP contribution in [-0.4, -0.2) is 55.5 Å². The van der Waals surface area contributed by atoms with Crippen molar-refractivity contribution in [3.05, 3.63) is 59.6 Å². The van der Waals surface area contributed by atoms with Crippen LogP contribution in [0.3, 0.4) is 0 Å². The van der Waals surface area contributed by atoms with E-state index in [9.17, 15) is 9.59 Å².